The zero-order valence-corrected chi connectivity index (χ0v) is 24.6. The van der Waals surface area contributed by atoms with Crippen LogP contribution in [-0.4, -0.2) is 104 Å². The van der Waals surface area contributed by atoms with Crippen LogP contribution in [0.5, 0.6) is 17.2 Å². The minimum atomic E-state index is -4.67. The third-order valence-electron chi connectivity index (χ3n) is 7.97. The molecule has 1 aliphatic heterocycles. The minimum absolute atomic E-state index is 0.0277. The number of ether oxygens (including phenoxy) is 3. The molecule has 2 aliphatic carbocycles. The van der Waals surface area contributed by atoms with Crippen molar-refractivity contribution in [2.45, 2.75) is 62.4 Å². The van der Waals surface area contributed by atoms with Crippen LogP contribution in [-0.2, 0) is 31.1 Å². The van der Waals surface area contributed by atoms with Crippen molar-refractivity contribution in [1.29, 1.82) is 0 Å². The van der Waals surface area contributed by atoms with Gasteiger partial charge in [-0.2, -0.15) is 8.42 Å². The summed E-state index contributed by atoms with van der Waals surface area (Å²) in [4.78, 5) is 39.8. The van der Waals surface area contributed by atoms with E-state index in [-0.39, 0.29) is 34.4 Å². The van der Waals surface area contributed by atoms with Crippen LogP contribution in [0, 0.1) is 0 Å². The number of Topliss-reactive ketones (excluding diaryl/α,β-unsaturated/α-hetero) is 1. The molecule has 5 rings (SSSR count). The van der Waals surface area contributed by atoms with Crippen LogP contribution in [0.15, 0.2) is 18.2 Å². The molecule has 0 spiro atoms. The summed E-state index contributed by atoms with van der Waals surface area (Å²) in [7, 11) is -3.35. The van der Waals surface area contributed by atoms with Crippen molar-refractivity contribution in [2.24, 2.45) is 5.84 Å². The van der Waals surface area contributed by atoms with Crippen molar-refractivity contribution in [3.63, 3.8) is 0 Å². The Labute approximate surface area is 255 Å². The van der Waals surface area contributed by atoms with E-state index in [9.17, 15) is 39.9 Å². The maximum Gasteiger partial charge on any atom is 0.394 e. The Morgan fingerprint density at radius 2 is 1.76 bits per heavy atom. The van der Waals surface area contributed by atoms with Crippen LogP contribution >= 0.6 is 0 Å². The topological polar surface area (TPSA) is 293 Å². The molecule has 1 saturated heterocycles. The Kier molecular flexibility index (Phi) is 9.67. The maximum atomic E-state index is 13.7. The molecule has 17 nitrogen and oxygen atoms in total. The first-order chi connectivity index (χ1) is 21.0. The SMILES string of the molecule is COc1cccc2c1C(=O)c1c(O)c3c(c(O)c1C2=O)C[C@@](O)(C(=O)CO)C[C@@H]3OC1CC(NN)C(O)C(C)O1.O=S(=O)(O)O. The van der Waals surface area contributed by atoms with Gasteiger partial charge in [-0.3, -0.25) is 34.8 Å². The Bertz CT molecular complexity index is 1640. The average molecular weight is 657 g/mol. The van der Waals surface area contributed by atoms with Gasteiger partial charge in [0.2, 0.25) is 5.78 Å². The Hall–Kier alpha value is -3.56. The van der Waals surface area contributed by atoms with E-state index in [0.29, 0.717) is 0 Å². The molecule has 0 bridgehead atoms. The number of aliphatic hydroxyl groups excluding tert-OH is 2. The predicted octanol–water partition coefficient (Wildman–Crippen LogP) is -1.15. The van der Waals surface area contributed by atoms with Crippen molar-refractivity contribution in [1.82, 2.24) is 5.43 Å². The molecular formula is C27H32N2O15S. The van der Waals surface area contributed by atoms with Crippen LogP contribution in [0.2, 0.25) is 0 Å². The van der Waals surface area contributed by atoms with E-state index in [2.05, 4.69) is 5.43 Å². The predicted molar refractivity (Wildman–Crippen MR) is 149 cm³/mol. The highest BCUT2D eigenvalue weighted by molar-refractivity contribution is 7.79. The normalized spacial score (nSPS) is 27.4. The van der Waals surface area contributed by atoms with Crippen LogP contribution < -0.4 is 16.0 Å². The summed E-state index contributed by atoms with van der Waals surface area (Å²) in [6, 6.07) is 3.71. The highest BCUT2D eigenvalue weighted by Gasteiger charge is 2.50. The molecule has 0 saturated carbocycles. The van der Waals surface area contributed by atoms with E-state index in [4.69, 9.17) is 37.6 Å². The van der Waals surface area contributed by atoms with Gasteiger partial charge in [-0.05, 0) is 13.0 Å². The Balaban J connectivity index is 0.000000854. The van der Waals surface area contributed by atoms with Gasteiger partial charge in [0.25, 0.3) is 0 Å². The van der Waals surface area contributed by atoms with Gasteiger partial charge < -0.3 is 39.7 Å². The van der Waals surface area contributed by atoms with Gasteiger partial charge in [0, 0.05) is 36.0 Å². The van der Waals surface area contributed by atoms with E-state index in [1.807, 2.05) is 0 Å². The Morgan fingerprint density at radius 3 is 2.33 bits per heavy atom. The maximum absolute atomic E-state index is 13.7. The summed E-state index contributed by atoms with van der Waals surface area (Å²) in [5, 5.41) is 54.0. The quantitative estimate of drug-likeness (QED) is 0.0655. The molecule has 2 aromatic rings. The number of methoxy groups -OCH3 is 1. The number of nitrogens with two attached hydrogens (primary N) is 1. The van der Waals surface area contributed by atoms with Crippen LogP contribution in [0.3, 0.4) is 0 Å². The first-order valence-corrected chi connectivity index (χ1v) is 14.8. The van der Waals surface area contributed by atoms with E-state index < -0.39 is 106 Å². The molecule has 0 aromatic heterocycles. The lowest BCUT2D eigenvalue weighted by molar-refractivity contribution is -0.249. The minimum Gasteiger partial charge on any atom is -0.507 e. The first-order valence-electron chi connectivity index (χ1n) is 13.4. The van der Waals surface area contributed by atoms with Crippen molar-refractivity contribution in [3.05, 3.63) is 51.6 Å². The molecule has 3 aliphatic rings. The number of hydrazine groups is 1. The number of fused-ring (bicyclic) bond motifs is 3. The number of aromatic hydroxyl groups is 2. The number of phenols is 2. The number of nitrogens with one attached hydrogen (secondary N) is 1. The molecule has 18 heteroatoms. The Morgan fingerprint density at radius 1 is 1.13 bits per heavy atom. The summed E-state index contributed by atoms with van der Waals surface area (Å²) in [6.45, 7) is 0.558. The number of rotatable bonds is 6. The van der Waals surface area contributed by atoms with Gasteiger partial charge in [-0.15, -0.1) is 0 Å². The zero-order chi connectivity index (χ0) is 33.6. The number of hydrogen-bond donors (Lipinski definition) is 9. The number of ketones is 3. The van der Waals surface area contributed by atoms with Gasteiger partial charge in [0.1, 0.15) is 29.5 Å². The molecule has 1 fully saturated rings. The van der Waals surface area contributed by atoms with Crippen molar-refractivity contribution in [2.75, 3.05) is 13.7 Å². The summed E-state index contributed by atoms with van der Waals surface area (Å²) in [6.07, 6.45) is -5.17. The summed E-state index contributed by atoms with van der Waals surface area (Å²) in [5.74, 6) is 1.75. The van der Waals surface area contributed by atoms with E-state index in [0.717, 1.165) is 0 Å². The molecule has 4 unspecified atom stereocenters. The number of carbonyl (C=O) groups excluding carboxylic acids is 3. The molecule has 1 heterocycles. The number of benzene rings is 2. The highest BCUT2D eigenvalue weighted by atomic mass is 32.3. The highest BCUT2D eigenvalue weighted by Crippen LogP contribution is 2.52. The molecule has 10 N–H and O–H groups in total. The largest absolute Gasteiger partial charge is 0.507 e. The van der Waals surface area contributed by atoms with Crippen molar-refractivity contribution >= 4 is 27.7 Å². The molecule has 246 valence electrons. The summed E-state index contributed by atoms with van der Waals surface area (Å²) < 4.78 is 48.7. The smallest absolute Gasteiger partial charge is 0.394 e. The lowest BCUT2D eigenvalue weighted by Crippen LogP contribution is -2.56. The number of hydrogen-bond acceptors (Lipinski definition) is 15. The average Bonchev–Trinajstić information content (AvgIpc) is 2.97. The molecule has 6 atom stereocenters. The first kappa shape index (κ1) is 34.3. The van der Waals surface area contributed by atoms with Crippen molar-refractivity contribution < 1.29 is 71.7 Å². The fourth-order valence-corrected chi connectivity index (χ4v) is 5.88. The second-order valence-electron chi connectivity index (χ2n) is 10.7. The van der Waals surface area contributed by atoms with Crippen LogP contribution in [0.25, 0.3) is 0 Å². The van der Waals surface area contributed by atoms with E-state index >= 15 is 0 Å². The second-order valence-corrected chi connectivity index (χ2v) is 11.6. The fourth-order valence-electron chi connectivity index (χ4n) is 5.88. The monoisotopic (exact) mass is 656 g/mol. The van der Waals surface area contributed by atoms with Gasteiger partial charge in [-0.1, -0.05) is 12.1 Å². The second kappa shape index (κ2) is 12.7. The fraction of sp³-hybridized carbons (Fsp3) is 0.444. The number of carbonyl (C=O) groups is 3. The molecular weight excluding hydrogens is 624 g/mol. The molecule has 0 amide bonds. The molecule has 2 aromatic carbocycles. The van der Waals surface area contributed by atoms with Gasteiger partial charge in [0.05, 0.1) is 48.2 Å². The zero-order valence-electron chi connectivity index (χ0n) is 23.8. The van der Waals surface area contributed by atoms with Crippen LogP contribution in [0.1, 0.15) is 68.8 Å². The lowest BCUT2D eigenvalue weighted by Gasteiger charge is -2.42. The van der Waals surface area contributed by atoms with E-state index in [1.165, 1.54) is 25.3 Å². The van der Waals surface area contributed by atoms with Crippen LogP contribution in [0.4, 0.5) is 0 Å². The standard InChI is InChI=1S/C27H30N2O11.H2O4S/c1-10-22(32)13(29-28)6-17(39-10)40-15-8-27(37,16(31)9-30)7-12-19(15)26(36)21-20(24(12)34)23(33)11-4-3-5-14(38-2)18(11)25(21)35;1-5(2,3)4/h3-5,10,13,15,17,22,29-30,32,34,36-37H,6-9,28H2,1-2H3;(H2,1,2,3,4)/t10?,13?,15-,17?,22?,27-;/m0./s1. The molecule has 45 heavy (non-hydrogen) atoms. The van der Waals surface area contributed by atoms with Gasteiger partial charge >= 0.3 is 10.4 Å². The molecule has 0 radical (unpaired) electrons. The number of aliphatic hydroxyl groups is 3. The van der Waals surface area contributed by atoms with Crippen molar-refractivity contribution in [3.8, 4) is 17.2 Å². The third kappa shape index (κ3) is 6.42. The van der Waals surface area contributed by atoms with Gasteiger partial charge in [0.15, 0.2) is 17.9 Å². The summed E-state index contributed by atoms with van der Waals surface area (Å²) in [5.41, 5.74) is -1.19. The number of phenolic OH excluding ortho intramolecular Hbond substituents is 2. The van der Waals surface area contributed by atoms with Gasteiger partial charge in [-0.25, -0.2) is 0 Å². The van der Waals surface area contributed by atoms with E-state index in [1.54, 1.807) is 6.92 Å². The third-order valence-corrected chi connectivity index (χ3v) is 7.97. The summed E-state index contributed by atoms with van der Waals surface area (Å²) >= 11 is 0. The lowest BCUT2D eigenvalue weighted by atomic mass is 9.72.